The summed E-state index contributed by atoms with van der Waals surface area (Å²) in [6.45, 7) is 1.80. The molecular weight excluding hydrogens is 476 g/mol. The summed E-state index contributed by atoms with van der Waals surface area (Å²) in [5.74, 6) is -0.00649. The number of benzene rings is 4. The maximum Gasteiger partial charge on any atom is 0.255 e. The van der Waals surface area contributed by atoms with Crippen LogP contribution in [0.4, 0.5) is 0 Å². The van der Waals surface area contributed by atoms with Gasteiger partial charge in [0.1, 0.15) is 11.3 Å². The molecule has 0 radical (unpaired) electrons. The van der Waals surface area contributed by atoms with Crippen LogP contribution in [0, 0.1) is 6.92 Å². The molecule has 0 fully saturated rings. The number of furan rings is 1. The molecule has 38 heavy (non-hydrogen) atoms. The summed E-state index contributed by atoms with van der Waals surface area (Å²) in [6.07, 6.45) is 0. The van der Waals surface area contributed by atoms with Crippen molar-refractivity contribution in [2.45, 2.75) is 13.0 Å². The summed E-state index contributed by atoms with van der Waals surface area (Å²) >= 11 is 0. The molecule has 0 aliphatic rings. The van der Waals surface area contributed by atoms with Crippen molar-refractivity contribution in [2.24, 2.45) is 0 Å². The summed E-state index contributed by atoms with van der Waals surface area (Å²) in [5, 5.41) is 16.2. The third-order valence-electron chi connectivity index (χ3n) is 6.60. The highest BCUT2D eigenvalue weighted by Gasteiger charge is 2.22. The first-order valence-electron chi connectivity index (χ1n) is 12.4. The molecule has 0 aliphatic carbocycles. The van der Waals surface area contributed by atoms with Gasteiger partial charge in [0.25, 0.3) is 11.8 Å². The van der Waals surface area contributed by atoms with E-state index in [1.165, 1.54) is 0 Å². The lowest BCUT2D eigenvalue weighted by Crippen LogP contribution is -2.30. The van der Waals surface area contributed by atoms with Crippen LogP contribution in [0.2, 0.25) is 0 Å². The summed E-state index contributed by atoms with van der Waals surface area (Å²) in [5.41, 5.74) is 5.97. The third kappa shape index (κ3) is 4.94. The van der Waals surface area contributed by atoms with Crippen molar-refractivity contribution in [1.29, 1.82) is 0 Å². The van der Waals surface area contributed by atoms with E-state index in [9.17, 15) is 14.7 Å². The van der Waals surface area contributed by atoms with Gasteiger partial charge in [0, 0.05) is 23.6 Å². The number of rotatable bonds is 7. The third-order valence-corrected chi connectivity index (χ3v) is 6.60. The predicted octanol–water partition coefficient (Wildman–Crippen LogP) is 5.90. The number of aliphatic hydroxyl groups is 1. The lowest BCUT2D eigenvalue weighted by molar-refractivity contribution is 0.0915. The van der Waals surface area contributed by atoms with E-state index in [-0.39, 0.29) is 18.4 Å². The lowest BCUT2D eigenvalue weighted by Gasteiger charge is -2.17. The van der Waals surface area contributed by atoms with Crippen molar-refractivity contribution < 1.29 is 19.1 Å². The van der Waals surface area contributed by atoms with Crippen molar-refractivity contribution >= 4 is 22.8 Å². The van der Waals surface area contributed by atoms with Crippen LogP contribution in [0.1, 0.15) is 37.9 Å². The van der Waals surface area contributed by atoms with Gasteiger partial charge in [-0.1, -0.05) is 78.4 Å². The van der Waals surface area contributed by atoms with Crippen molar-refractivity contribution in [1.82, 2.24) is 10.6 Å². The first-order chi connectivity index (χ1) is 18.5. The SMILES string of the molecule is CNC(=O)c1c(-c2ccc(C)cc2)oc2ccc(-c3cccc(C(=O)N[C@@H](CO)c4ccccc4)c3)cc12. The molecule has 0 saturated heterocycles. The standard InChI is InChI=1S/C32H28N2O4/c1-20-11-13-22(14-12-20)30-29(32(37)33-2)26-18-24(15-16-28(26)38-30)23-9-6-10-25(17-23)31(36)34-27(19-35)21-7-4-3-5-8-21/h3-18,27,35H,19H2,1-2H3,(H,33,37)(H,34,36)/t27-/m0/s1. The average Bonchev–Trinajstić information content (AvgIpc) is 3.35. The Hall–Kier alpha value is -4.68. The fourth-order valence-electron chi connectivity index (χ4n) is 4.54. The van der Waals surface area contributed by atoms with Crippen LogP contribution in [-0.4, -0.2) is 30.6 Å². The highest BCUT2D eigenvalue weighted by Crippen LogP contribution is 2.36. The van der Waals surface area contributed by atoms with Gasteiger partial charge in [0.05, 0.1) is 18.2 Å². The average molecular weight is 505 g/mol. The number of fused-ring (bicyclic) bond motifs is 1. The number of amides is 2. The summed E-state index contributed by atoms with van der Waals surface area (Å²) in [4.78, 5) is 26.0. The van der Waals surface area contributed by atoms with Crippen molar-refractivity contribution in [3.05, 3.63) is 119 Å². The van der Waals surface area contributed by atoms with E-state index in [1.54, 1.807) is 19.2 Å². The fraction of sp³-hybridized carbons (Fsp3) is 0.125. The van der Waals surface area contributed by atoms with E-state index < -0.39 is 6.04 Å². The molecule has 0 spiro atoms. The second kappa shape index (κ2) is 10.7. The highest BCUT2D eigenvalue weighted by atomic mass is 16.3. The lowest BCUT2D eigenvalue weighted by atomic mass is 9.98. The molecule has 5 aromatic rings. The van der Waals surface area contributed by atoms with Gasteiger partial charge in [-0.2, -0.15) is 0 Å². The maximum atomic E-state index is 13.1. The van der Waals surface area contributed by atoms with E-state index >= 15 is 0 Å². The van der Waals surface area contributed by atoms with Gasteiger partial charge in [-0.3, -0.25) is 9.59 Å². The zero-order valence-electron chi connectivity index (χ0n) is 21.2. The van der Waals surface area contributed by atoms with E-state index in [4.69, 9.17) is 4.42 Å². The summed E-state index contributed by atoms with van der Waals surface area (Å²) in [7, 11) is 1.60. The number of hydrogen-bond acceptors (Lipinski definition) is 4. The minimum Gasteiger partial charge on any atom is -0.455 e. The first kappa shape index (κ1) is 25.0. The minimum absolute atomic E-state index is 0.210. The Kier molecular flexibility index (Phi) is 7.07. The van der Waals surface area contributed by atoms with E-state index in [1.807, 2.05) is 91.9 Å². The summed E-state index contributed by atoms with van der Waals surface area (Å²) < 4.78 is 6.15. The first-order valence-corrected chi connectivity index (χ1v) is 12.4. The largest absolute Gasteiger partial charge is 0.455 e. The van der Waals surface area contributed by atoms with E-state index in [2.05, 4.69) is 10.6 Å². The molecule has 1 atom stereocenters. The second-order valence-electron chi connectivity index (χ2n) is 9.16. The van der Waals surface area contributed by atoms with Crippen LogP contribution < -0.4 is 10.6 Å². The fourth-order valence-corrected chi connectivity index (χ4v) is 4.54. The molecule has 0 unspecified atom stereocenters. The Bertz CT molecular complexity index is 1600. The van der Waals surface area contributed by atoms with Crippen LogP contribution in [0.3, 0.4) is 0 Å². The number of carbonyl (C=O) groups is 2. The molecular formula is C32H28N2O4. The Morgan fingerprint density at radius 2 is 1.53 bits per heavy atom. The van der Waals surface area contributed by atoms with Crippen LogP contribution in [-0.2, 0) is 0 Å². The summed E-state index contributed by atoms with van der Waals surface area (Å²) in [6, 6.07) is 29.6. The van der Waals surface area contributed by atoms with Gasteiger partial charge >= 0.3 is 0 Å². The number of hydrogen-bond donors (Lipinski definition) is 3. The van der Waals surface area contributed by atoms with Gasteiger partial charge < -0.3 is 20.2 Å². The molecule has 6 heteroatoms. The molecule has 0 saturated carbocycles. The Labute approximate surface area is 220 Å². The van der Waals surface area contributed by atoms with Gasteiger partial charge in [0.15, 0.2) is 0 Å². The van der Waals surface area contributed by atoms with E-state index in [0.29, 0.717) is 27.9 Å². The van der Waals surface area contributed by atoms with Gasteiger partial charge in [-0.05, 0) is 47.9 Å². The molecule has 0 bridgehead atoms. The number of nitrogens with one attached hydrogen (secondary N) is 2. The number of carbonyl (C=O) groups excluding carboxylic acids is 2. The molecule has 2 amide bonds. The molecule has 190 valence electrons. The number of aliphatic hydroxyl groups excluding tert-OH is 1. The van der Waals surface area contributed by atoms with Gasteiger partial charge in [0.2, 0.25) is 0 Å². The van der Waals surface area contributed by atoms with Crippen molar-refractivity contribution in [3.8, 4) is 22.5 Å². The molecule has 1 aromatic heterocycles. The minimum atomic E-state index is -0.509. The number of aryl methyl sites for hydroxylation is 1. The molecule has 5 rings (SSSR count). The molecule has 3 N–H and O–H groups in total. The zero-order chi connectivity index (χ0) is 26.6. The van der Waals surface area contributed by atoms with Gasteiger partial charge in [-0.15, -0.1) is 0 Å². The predicted molar refractivity (Wildman–Crippen MR) is 149 cm³/mol. The monoisotopic (exact) mass is 504 g/mol. The normalized spacial score (nSPS) is 11.8. The Morgan fingerprint density at radius 3 is 2.24 bits per heavy atom. The Morgan fingerprint density at radius 1 is 0.816 bits per heavy atom. The van der Waals surface area contributed by atoms with Crippen LogP contribution in [0.25, 0.3) is 33.4 Å². The second-order valence-corrected chi connectivity index (χ2v) is 9.16. The van der Waals surface area contributed by atoms with Crippen molar-refractivity contribution in [2.75, 3.05) is 13.7 Å². The van der Waals surface area contributed by atoms with Crippen LogP contribution in [0.15, 0.2) is 101 Å². The molecule has 0 aliphatic heterocycles. The Balaban J connectivity index is 1.50. The zero-order valence-corrected chi connectivity index (χ0v) is 21.2. The highest BCUT2D eigenvalue weighted by molar-refractivity contribution is 6.11. The smallest absolute Gasteiger partial charge is 0.255 e. The van der Waals surface area contributed by atoms with Gasteiger partial charge in [-0.25, -0.2) is 0 Å². The van der Waals surface area contributed by atoms with Crippen molar-refractivity contribution in [3.63, 3.8) is 0 Å². The quantitative estimate of drug-likeness (QED) is 0.257. The molecule has 1 heterocycles. The van der Waals surface area contributed by atoms with Crippen LogP contribution in [0.5, 0.6) is 0 Å². The maximum absolute atomic E-state index is 13.1. The molecule has 4 aromatic carbocycles. The topological polar surface area (TPSA) is 91.6 Å². The van der Waals surface area contributed by atoms with Crippen LogP contribution >= 0.6 is 0 Å². The molecule has 6 nitrogen and oxygen atoms in total. The van der Waals surface area contributed by atoms with E-state index in [0.717, 1.165) is 27.8 Å².